The number of carbonyl (C=O) groups excluding carboxylic acids is 3. The molecule has 0 saturated carbocycles. The number of rotatable bonds is 55. The molecule has 0 aliphatic carbocycles. The maximum Gasteiger partial charge on any atom is 0.306 e. The highest BCUT2D eigenvalue weighted by molar-refractivity contribution is 5.71. The number of hydrogen-bond donors (Lipinski definition) is 0. The standard InChI is InChI=1S/C62H114O6/c1-4-7-10-13-16-18-20-22-24-26-28-30-31-33-34-36-38-40-42-44-46-49-52-55-61(64)67-58-59(57-66-60(63)54-51-48-15-12-9-6-3)68-62(65)56-53-50-47-45-43-41-39-37-35-32-29-27-25-23-21-19-17-14-11-8-5-2/h21,23,27,29,35,37,59H,4-20,22,24-26,28,30-34,36,38-58H2,1-3H3/b23-21-,29-27-,37-35-. The third kappa shape index (κ3) is 54.6. The highest BCUT2D eigenvalue weighted by Crippen LogP contribution is 2.17. The van der Waals surface area contributed by atoms with E-state index in [0.29, 0.717) is 19.3 Å². The Morgan fingerprint density at radius 3 is 0.824 bits per heavy atom. The Hall–Kier alpha value is -2.37. The van der Waals surface area contributed by atoms with Crippen LogP contribution in [0.4, 0.5) is 0 Å². The quantitative estimate of drug-likeness (QED) is 0.0262. The lowest BCUT2D eigenvalue weighted by molar-refractivity contribution is -0.167. The lowest BCUT2D eigenvalue weighted by Gasteiger charge is -2.18. The van der Waals surface area contributed by atoms with Crippen LogP contribution in [0.15, 0.2) is 36.5 Å². The minimum absolute atomic E-state index is 0.0738. The van der Waals surface area contributed by atoms with E-state index in [9.17, 15) is 14.4 Å². The zero-order valence-corrected chi connectivity index (χ0v) is 45.6. The molecule has 0 fully saturated rings. The average molecular weight is 956 g/mol. The lowest BCUT2D eigenvalue weighted by atomic mass is 10.0. The molecule has 6 heteroatoms. The molecule has 0 spiro atoms. The highest BCUT2D eigenvalue weighted by Gasteiger charge is 2.19. The summed E-state index contributed by atoms with van der Waals surface area (Å²) in [6, 6.07) is 0. The summed E-state index contributed by atoms with van der Waals surface area (Å²) >= 11 is 0. The van der Waals surface area contributed by atoms with Crippen molar-refractivity contribution in [2.45, 2.75) is 329 Å². The molecule has 0 saturated heterocycles. The minimum atomic E-state index is -0.774. The molecule has 0 aromatic rings. The van der Waals surface area contributed by atoms with Crippen LogP contribution in [0.5, 0.6) is 0 Å². The Morgan fingerprint density at radius 1 is 0.294 bits per heavy atom. The zero-order chi connectivity index (χ0) is 49.3. The van der Waals surface area contributed by atoms with Gasteiger partial charge in [-0.3, -0.25) is 14.4 Å². The molecule has 0 radical (unpaired) electrons. The molecule has 0 N–H and O–H groups in total. The lowest BCUT2D eigenvalue weighted by Crippen LogP contribution is -2.30. The fourth-order valence-corrected chi connectivity index (χ4v) is 8.86. The van der Waals surface area contributed by atoms with Gasteiger partial charge in [0.1, 0.15) is 13.2 Å². The van der Waals surface area contributed by atoms with E-state index in [2.05, 4.69) is 57.2 Å². The number of unbranched alkanes of at least 4 members (excludes halogenated alkanes) is 38. The Kier molecular flexibility index (Phi) is 55.2. The second kappa shape index (κ2) is 57.2. The molecule has 0 rings (SSSR count). The first-order chi connectivity index (χ1) is 33.5. The second-order valence-electron chi connectivity index (χ2n) is 20.3. The molecule has 0 aliphatic rings. The molecule has 0 heterocycles. The maximum atomic E-state index is 12.8. The van der Waals surface area contributed by atoms with Crippen LogP contribution in [-0.4, -0.2) is 37.2 Å². The smallest absolute Gasteiger partial charge is 0.306 e. The van der Waals surface area contributed by atoms with E-state index in [1.54, 1.807) is 0 Å². The fraction of sp³-hybridized carbons (Fsp3) is 0.855. The predicted octanol–water partition coefficient (Wildman–Crippen LogP) is 20.0. The van der Waals surface area contributed by atoms with Crippen molar-refractivity contribution in [2.24, 2.45) is 0 Å². The van der Waals surface area contributed by atoms with Crippen molar-refractivity contribution in [1.82, 2.24) is 0 Å². The number of carbonyl (C=O) groups is 3. The average Bonchev–Trinajstić information content (AvgIpc) is 3.34. The Balaban J connectivity index is 4.11. The Morgan fingerprint density at radius 2 is 0.529 bits per heavy atom. The Labute approximate surface area is 423 Å². The number of hydrogen-bond acceptors (Lipinski definition) is 6. The van der Waals surface area contributed by atoms with Gasteiger partial charge < -0.3 is 14.2 Å². The molecular weight excluding hydrogens is 841 g/mol. The topological polar surface area (TPSA) is 78.9 Å². The van der Waals surface area contributed by atoms with E-state index in [4.69, 9.17) is 14.2 Å². The van der Waals surface area contributed by atoms with Gasteiger partial charge in [0.15, 0.2) is 6.10 Å². The van der Waals surface area contributed by atoms with Crippen molar-refractivity contribution in [1.29, 1.82) is 0 Å². The van der Waals surface area contributed by atoms with Crippen molar-refractivity contribution >= 4 is 17.9 Å². The van der Waals surface area contributed by atoms with E-state index in [-0.39, 0.29) is 31.1 Å². The maximum absolute atomic E-state index is 12.8. The highest BCUT2D eigenvalue weighted by atomic mass is 16.6. The summed E-state index contributed by atoms with van der Waals surface area (Å²) in [5, 5.41) is 0. The van der Waals surface area contributed by atoms with Crippen LogP contribution >= 0.6 is 0 Å². The van der Waals surface area contributed by atoms with Crippen molar-refractivity contribution < 1.29 is 28.6 Å². The van der Waals surface area contributed by atoms with Gasteiger partial charge in [0.2, 0.25) is 0 Å². The SMILES string of the molecule is CCCCCCC/C=C\C/C=C\C/C=C\CCCCCCCCC(=O)OC(COC(=O)CCCCCCCC)COC(=O)CCCCCCCCCCCCCCCCCCCCCCCCC. The van der Waals surface area contributed by atoms with Crippen LogP contribution in [0.25, 0.3) is 0 Å². The first kappa shape index (κ1) is 65.6. The fourth-order valence-electron chi connectivity index (χ4n) is 8.86. The minimum Gasteiger partial charge on any atom is -0.462 e. The molecule has 1 unspecified atom stereocenters. The van der Waals surface area contributed by atoms with Gasteiger partial charge in [-0.15, -0.1) is 0 Å². The summed E-state index contributed by atoms with van der Waals surface area (Å²) in [6.45, 7) is 6.60. The van der Waals surface area contributed by atoms with Crippen molar-refractivity contribution in [3.8, 4) is 0 Å². The van der Waals surface area contributed by atoms with Gasteiger partial charge in [0.05, 0.1) is 0 Å². The van der Waals surface area contributed by atoms with Crippen LogP contribution < -0.4 is 0 Å². The number of esters is 3. The third-order valence-corrected chi connectivity index (χ3v) is 13.4. The number of ether oxygens (including phenoxy) is 3. The van der Waals surface area contributed by atoms with Gasteiger partial charge in [0.25, 0.3) is 0 Å². The summed E-state index contributed by atoms with van der Waals surface area (Å²) in [4.78, 5) is 37.9. The van der Waals surface area contributed by atoms with Crippen molar-refractivity contribution in [2.75, 3.05) is 13.2 Å². The molecule has 0 aromatic carbocycles. The molecule has 1 atom stereocenters. The third-order valence-electron chi connectivity index (χ3n) is 13.4. The summed E-state index contributed by atoms with van der Waals surface area (Å²) in [6.07, 6.45) is 68.9. The van der Waals surface area contributed by atoms with Gasteiger partial charge in [-0.05, 0) is 57.8 Å². The predicted molar refractivity (Wildman–Crippen MR) is 293 cm³/mol. The molecule has 0 amide bonds. The van der Waals surface area contributed by atoms with E-state index in [1.165, 1.54) is 205 Å². The number of allylic oxidation sites excluding steroid dienone is 6. The van der Waals surface area contributed by atoms with E-state index in [1.807, 2.05) is 0 Å². The molecule has 6 nitrogen and oxygen atoms in total. The molecule has 0 aliphatic heterocycles. The first-order valence-electron chi connectivity index (χ1n) is 30.0. The molecule has 0 aromatic heterocycles. The Bertz CT molecular complexity index is 1140. The normalized spacial score (nSPS) is 12.2. The molecule has 68 heavy (non-hydrogen) atoms. The van der Waals surface area contributed by atoms with Crippen LogP contribution in [-0.2, 0) is 28.6 Å². The second-order valence-corrected chi connectivity index (χ2v) is 20.3. The first-order valence-corrected chi connectivity index (χ1v) is 30.0. The summed E-state index contributed by atoms with van der Waals surface area (Å²) in [5.74, 6) is -0.879. The molecule has 0 bridgehead atoms. The monoisotopic (exact) mass is 955 g/mol. The molecular formula is C62H114O6. The van der Waals surface area contributed by atoms with E-state index < -0.39 is 6.10 Å². The van der Waals surface area contributed by atoms with Crippen LogP contribution in [0.2, 0.25) is 0 Å². The molecule has 398 valence electrons. The summed E-state index contributed by atoms with van der Waals surface area (Å²) < 4.78 is 16.8. The van der Waals surface area contributed by atoms with Gasteiger partial charge in [-0.1, -0.05) is 282 Å². The van der Waals surface area contributed by atoms with Crippen LogP contribution in [0.1, 0.15) is 323 Å². The van der Waals surface area contributed by atoms with Crippen molar-refractivity contribution in [3.05, 3.63) is 36.5 Å². The summed E-state index contributed by atoms with van der Waals surface area (Å²) in [7, 11) is 0. The van der Waals surface area contributed by atoms with Gasteiger partial charge >= 0.3 is 17.9 Å². The van der Waals surface area contributed by atoms with Crippen LogP contribution in [0, 0.1) is 0 Å². The van der Waals surface area contributed by atoms with Gasteiger partial charge in [-0.2, -0.15) is 0 Å². The zero-order valence-electron chi connectivity index (χ0n) is 45.6. The van der Waals surface area contributed by atoms with Gasteiger partial charge in [0, 0.05) is 19.3 Å². The van der Waals surface area contributed by atoms with Gasteiger partial charge in [-0.25, -0.2) is 0 Å². The van der Waals surface area contributed by atoms with Crippen molar-refractivity contribution in [3.63, 3.8) is 0 Å². The van der Waals surface area contributed by atoms with Crippen LogP contribution in [0.3, 0.4) is 0 Å². The van der Waals surface area contributed by atoms with E-state index in [0.717, 1.165) is 77.0 Å². The summed E-state index contributed by atoms with van der Waals surface area (Å²) in [5.41, 5.74) is 0. The largest absolute Gasteiger partial charge is 0.462 e. The van der Waals surface area contributed by atoms with E-state index >= 15 is 0 Å².